The van der Waals surface area contributed by atoms with Crippen LogP contribution in [-0.2, 0) is 14.8 Å². The topological polar surface area (TPSA) is 88.9 Å². The van der Waals surface area contributed by atoms with E-state index < -0.39 is 15.8 Å². The Balaban J connectivity index is 1.44. The fourth-order valence-corrected chi connectivity index (χ4v) is 5.53. The molecule has 0 saturated carbocycles. The van der Waals surface area contributed by atoms with Crippen LogP contribution in [0.4, 0.5) is 10.1 Å². The van der Waals surface area contributed by atoms with E-state index in [1.165, 1.54) is 34.6 Å². The fraction of sp³-hybridized carbons (Fsp3) is 0.348. The number of ketones is 1. The lowest BCUT2D eigenvalue weighted by atomic mass is 10.1. The van der Waals surface area contributed by atoms with Crippen molar-refractivity contribution < 1.29 is 26.8 Å². The molecule has 1 aromatic heterocycles. The molecule has 0 radical (unpaired) electrons. The van der Waals surface area contributed by atoms with Gasteiger partial charge in [0.05, 0.1) is 23.6 Å². The summed E-state index contributed by atoms with van der Waals surface area (Å²) >= 11 is 0. The summed E-state index contributed by atoms with van der Waals surface area (Å²) in [4.78, 5) is 12.8. The molecular formula is C23H25FN2O5S. The van der Waals surface area contributed by atoms with E-state index in [1.54, 1.807) is 19.1 Å². The molecule has 2 aromatic carbocycles. The monoisotopic (exact) mass is 460 g/mol. The number of benzene rings is 2. The fourth-order valence-electron chi connectivity index (χ4n) is 3.94. The number of anilines is 1. The number of furan rings is 1. The van der Waals surface area contributed by atoms with E-state index in [2.05, 4.69) is 5.32 Å². The predicted molar refractivity (Wildman–Crippen MR) is 119 cm³/mol. The van der Waals surface area contributed by atoms with Crippen molar-refractivity contribution in [1.82, 2.24) is 4.31 Å². The smallest absolute Gasteiger partial charge is 0.243 e. The van der Waals surface area contributed by atoms with Gasteiger partial charge in [0.2, 0.25) is 15.8 Å². The zero-order valence-corrected chi connectivity index (χ0v) is 18.9. The number of Topliss-reactive ketones (excluding diaryl/α,β-unsaturated/α-hetero) is 1. The molecule has 1 aliphatic rings. The third-order valence-electron chi connectivity index (χ3n) is 5.48. The van der Waals surface area contributed by atoms with E-state index in [4.69, 9.17) is 9.15 Å². The summed E-state index contributed by atoms with van der Waals surface area (Å²) in [6.07, 6.45) is -0.336. The van der Waals surface area contributed by atoms with Gasteiger partial charge in [-0.3, -0.25) is 4.79 Å². The van der Waals surface area contributed by atoms with Crippen LogP contribution >= 0.6 is 0 Å². The molecule has 1 fully saturated rings. The van der Waals surface area contributed by atoms with E-state index in [0.717, 1.165) is 0 Å². The van der Waals surface area contributed by atoms with Crippen molar-refractivity contribution >= 4 is 32.5 Å². The van der Waals surface area contributed by atoms with Crippen molar-refractivity contribution in [2.45, 2.75) is 37.9 Å². The van der Waals surface area contributed by atoms with E-state index in [1.807, 2.05) is 13.8 Å². The van der Waals surface area contributed by atoms with Gasteiger partial charge in [-0.1, -0.05) is 0 Å². The van der Waals surface area contributed by atoms with Crippen LogP contribution in [0.25, 0.3) is 11.0 Å². The second-order valence-electron chi connectivity index (χ2n) is 8.08. The molecule has 0 bridgehead atoms. The third kappa shape index (κ3) is 4.41. The second kappa shape index (κ2) is 8.65. The molecule has 1 saturated heterocycles. The molecule has 2 unspecified atom stereocenters. The van der Waals surface area contributed by atoms with Gasteiger partial charge >= 0.3 is 0 Å². The maximum atomic E-state index is 13.5. The van der Waals surface area contributed by atoms with Gasteiger partial charge in [0.15, 0.2) is 5.76 Å². The van der Waals surface area contributed by atoms with Crippen LogP contribution in [-0.4, -0.2) is 50.3 Å². The van der Waals surface area contributed by atoms with Crippen LogP contribution in [0.1, 0.15) is 30.0 Å². The summed E-state index contributed by atoms with van der Waals surface area (Å²) in [5.41, 5.74) is 1.64. The summed E-state index contributed by atoms with van der Waals surface area (Å²) in [5, 5.41) is 3.55. The minimum atomic E-state index is -3.63. The first-order valence-electron chi connectivity index (χ1n) is 10.4. The van der Waals surface area contributed by atoms with Crippen LogP contribution in [0.3, 0.4) is 0 Å². The maximum Gasteiger partial charge on any atom is 0.243 e. The van der Waals surface area contributed by atoms with Crippen LogP contribution < -0.4 is 5.32 Å². The molecule has 0 aliphatic carbocycles. The minimum absolute atomic E-state index is 0.0479. The molecule has 3 aromatic rings. The number of nitrogens with zero attached hydrogens (tertiary/aromatic N) is 1. The number of carbonyl (C=O) groups excluding carboxylic acids is 1. The van der Waals surface area contributed by atoms with Crippen molar-refractivity contribution in [3.8, 4) is 0 Å². The SMILES string of the molecule is Cc1c(C(=O)CNc2ccc(S(=O)(=O)N3CC(C)OC(C)C3)cc2)oc2ccc(F)cc12. The Kier molecular flexibility index (Phi) is 6.07. The quantitative estimate of drug-likeness (QED) is 0.560. The first-order chi connectivity index (χ1) is 15.1. The highest BCUT2D eigenvalue weighted by Crippen LogP contribution is 2.27. The zero-order valence-electron chi connectivity index (χ0n) is 18.1. The molecular weight excluding hydrogens is 435 g/mol. The minimum Gasteiger partial charge on any atom is -0.453 e. The van der Waals surface area contributed by atoms with Crippen molar-refractivity contribution in [2.24, 2.45) is 0 Å². The van der Waals surface area contributed by atoms with E-state index in [0.29, 0.717) is 35.3 Å². The van der Waals surface area contributed by atoms with Gasteiger partial charge in [0, 0.05) is 29.7 Å². The second-order valence-corrected chi connectivity index (χ2v) is 10.0. The highest BCUT2D eigenvalue weighted by atomic mass is 32.2. The number of aryl methyl sites for hydroxylation is 1. The Hall–Kier alpha value is -2.75. The molecule has 1 N–H and O–H groups in total. The van der Waals surface area contributed by atoms with Crippen LogP contribution in [0.2, 0.25) is 0 Å². The number of halogens is 1. The molecule has 7 nitrogen and oxygen atoms in total. The standard InChI is InChI=1S/C23H25FN2O5S/c1-14-12-26(13-15(2)30-14)32(28,29)19-7-5-18(6-8-19)25-11-21(27)23-16(3)20-10-17(24)4-9-22(20)31-23/h4-10,14-15,25H,11-13H2,1-3H3. The molecule has 1 aliphatic heterocycles. The van der Waals surface area contributed by atoms with E-state index in [9.17, 15) is 17.6 Å². The number of morpholine rings is 1. The molecule has 9 heteroatoms. The van der Waals surface area contributed by atoms with Gasteiger partial charge in [0.25, 0.3) is 0 Å². The summed E-state index contributed by atoms with van der Waals surface area (Å²) in [6.45, 7) is 5.98. The van der Waals surface area contributed by atoms with Crippen LogP contribution in [0, 0.1) is 12.7 Å². The first-order valence-corrected chi connectivity index (χ1v) is 11.8. The third-order valence-corrected chi connectivity index (χ3v) is 7.33. The number of hydrogen-bond donors (Lipinski definition) is 1. The molecule has 32 heavy (non-hydrogen) atoms. The first kappa shape index (κ1) is 22.4. The summed E-state index contributed by atoms with van der Waals surface area (Å²) in [6, 6.07) is 10.4. The Morgan fingerprint density at radius 3 is 2.44 bits per heavy atom. The average Bonchev–Trinajstić information content (AvgIpc) is 3.07. The van der Waals surface area contributed by atoms with Crippen molar-refractivity contribution in [2.75, 3.05) is 25.0 Å². The number of hydrogen-bond acceptors (Lipinski definition) is 6. The van der Waals surface area contributed by atoms with Gasteiger partial charge in [-0.15, -0.1) is 0 Å². The van der Waals surface area contributed by atoms with Crippen molar-refractivity contribution in [3.05, 3.63) is 59.6 Å². The Morgan fingerprint density at radius 2 is 1.78 bits per heavy atom. The summed E-state index contributed by atoms with van der Waals surface area (Å²) in [7, 11) is -3.63. The lowest BCUT2D eigenvalue weighted by Gasteiger charge is -2.34. The van der Waals surface area contributed by atoms with Crippen LogP contribution in [0.15, 0.2) is 51.8 Å². The van der Waals surface area contributed by atoms with Crippen LogP contribution in [0.5, 0.6) is 0 Å². The number of carbonyl (C=O) groups is 1. The molecule has 2 heterocycles. The Bertz CT molecular complexity index is 1240. The van der Waals surface area contributed by atoms with E-state index in [-0.39, 0.29) is 35.2 Å². The van der Waals surface area contributed by atoms with Gasteiger partial charge in [-0.2, -0.15) is 4.31 Å². The number of nitrogens with one attached hydrogen (secondary N) is 1. The largest absolute Gasteiger partial charge is 0.453 e. The summed E-state index contributed by atoms with van der Waals surface area (Å²) in [5.74, 6) is -0.505. The van der Waals surface area contributed by atoms with Gasteiger partial charge in [0.1, 0.15) is 11.4 Å². The lowest BCUT2D eigenvalue weighted by molar-refractivity contribution is -0.0440. The molecule has 170 valence electrons. The number of sulfonamides is 1. The predicted octanol–water partition coefficient (Wildman–Crippen LogP) is 3.97. The van der Waals surface area contributed by atoms with Gasteiger partial charge < -0.3 is 14.5 Å². The normalized spacial score (nSPS) is 19.9. The summed E-state index contributed by atoms with van der Waals surface area (Å²) < 4.78 is 52.0. The lowest BCUT2D eigenvalue weighted by Crippen LogP contribution is -2.48. The molecule has 0 amide bonds. The highest BCUT2D eigenvalue weighted by molar-refractivity contribution is 7.89. The van der Waals surface area contributed by atoms with Gasteiger partial charge in [-0.25, -0.2) is 12.8 Å². The zero-order chi connectivity index (χ0) is 23.0. The number of ether oxygens (including phenoxy) is 1. The van der Waals surface area contributed by atoms with Crippen molar-refractivity contribution in [3.63, 3.8) is 0 Å². The average molecular weight is 461 g/mol. The Labute approximate surface area is 186 Å². The maximum absolute atomic E-state index is 13.5. The van der Waals surface area contributed by atoms with Gasteiger partial charge in [-0.05, 0) is 63.2 Å². The number of rotatable bonds is 6. The molecule has 2 atom stereocenters. The Morgan fingerprint density at radius 1 is 1.12 bits per heavy atom. The highest BCUT2D eigenvalue weighted by Gasteiger charge is 2.32. The number of fused-ring (bicyclic) bond motifs is 1. The molecule has 0 spiro atoms. The molecule has 4 rings (SSSR count). The van der Waals surface area contributed by atoms with E-state index >= 15 is 0 Å². The van der Waals surface area contributed by atoms with Crippen molar-refractivity contribution in [1.29, 1.82) is 0 Å².